The number of ether oxygens (including phenoxy) is 2. The molecular formula is C19H17N3O5. The number of esters is 1. The van der Waals surface area contributed by atoms with Crippen LogP contribution in [0, 0.1) is 6.92 Å². The summed E-state index contributed by atoms with van der Waals surface area (Å²) in [5.41, 5.74) is 6.83. The van der Waals surface area contributed by atoms with E-state index in [1.807, 2.05) is 13.0 Å². The summed E-state index contributed by atoms with van der Waals surface area (Å²) < 4.78 is 11.8. The van der Waals surface area contributed by atoms with Crippen LogP contribution in [0.25, 0.3) is 5.65 Å². The van der Waals surface area contributed by atoms with Crippen molar-refractivity contribution in [3.05, 3.63) is 75.8 Å². The molecule has 2 aromatic heterocycles. The molecule has 8 nitrogen and oxygen atoms in total. The van der Waals surface area contributed by atoms with E-state index < -0.39 is 18.5 Å². The first-order valence-corrected chi connectivity index (χ1v) is 8.11. The van der Waals surface area contributed by atoms with Gasteiger partial charge in [0.15, 0.2) is 6.61 Å². The molecule has 0 fully saturated rings. The van der Waals surface area contributed by atoms with E-state index in [9.17, 15) is 14.4 Å². The van der Waals surface area contributed by atoms with Gasteiger partial charge < -0.3 is 15.2 Å². The highest BCUT2D eigenvalue weighted by Gasteiger charge is 2.12. The second kappa shape index (κ2) is 7.69. The van der Waals surface area contributed by atoms with Crippen molar-refractivity contribution >= 4 is 17.5 Å². The lowest BCUT2D eigenvalue weighted by molar-refractivity contribution is -0.147. The zero-order valence-corrected chi connectivity index (χ0v) is 14.5. The summed E-state index contributed by atoms with van der Waals surface area (Å²) in [5, 5.41) is 0. The van der Waals surface area contributed by atoms with Crippen molar-refractivity contribution in [2.75, 3.05) is 6.61 Å². The zero-order chi connectivity index (χ0) is 19.4. The fourth-order valence-corrected chi connectivity index (χ4v) is 2.51. The summed E-state index contributed by atoms with van der Waals surface area (Å²) in [7, 11) is 0. The summed E-state index contributed by atoms with van der Waals surface area (Å²) >= 11 is 0. The van der Waals surface area contributed by atoms with E-state index in [0.29, 0.717) is 11.3 Å². The lowest BCUT2D eigenvalue weighted by Gasteiger charge is -2.10. The molecule has 0 bridgehead atoms. The lowest BCUT2D eigenvalue weighted by atomic mass is 10.2. The minimum Gasteiger partial charge on any atom is -0.481 e. The number of pyridine rings is 1. The number of amides is 1. The van der Waals surface area contributed by atoms with Gasteiger partial charge >= 0.3 is 5.97 Å². The fourth-order valence-electron chi connectivity index (χ4n) is 2.51. The van der Waals surface area contributed by atoms with Crippen molar-refractivity contribution in [3.63, 3.8) is 0 Å². The molecule has 0 radical (unpaired) electrons. The molecule has 1 amide bonds. The van der Waals surface area contributed by atoms with Gasteiger partial charge in [-0.3, -0.25) is 14.0 Å². The Hall–Kier alpha value is -3.68. The SMILES string of the molecule is Cc1cccn2c(=O)cc(COC(=O)COc3ccccc3C(N)=O)nc12. The van der Waals surface area contributed by atoms with Crippen LogP contribution in [0.4, 0.5) is 0 Å². The number of nitrogens with two attached hydrogens (primary N) is 1. The molecule has 2 N–H and O–H groups in total. The van der Waals surface area contributed by atoms with Crippen LogP contribution in [0.5, 0.6) is 5.75 Å². The summed E-state index contributed by atoms with van der Waals surface area (Å²) in [4.78, 5) is 39.7. The maximum Gasteiger partial charge on any atom is 0.344 e. The maximum absolute atomic E-state index is 12.1. The minimum atomic E-state index is -0.666. The van der Waals surface area contributed by atoms with E-state index in [1.54, 1.807) is 24.4 Å². The topological polar surface area (TPSA) is 113 Å². The first-order chi connectivity index (χ1) is 13.0. The normalized spacial score (nSPS) is 10.6. The molecule has 0 atom stereocenters. The number of benzene rings is 1. The van der Waals surface area contributed by atoms with Gasteiger partial charge in [0, 0.05) is 12.3 Å². The number of para-hydroxylation sites is 1. The number of hydrogen-bond donors (Lipinski definition) is 1. The minimum absolute atomic E-state index is 0.167. The third-order valence-electron chi connectivity index (χ3n) is 3.82. The molecule has 0 saturated carbocycles. The summed E-state index contributed by atoms with van der Waals surface area (Å²) in [6, 6.07) is 11.2. The Morgan fingerprint density at radius 3 is 2.74 bits per heavy atom. The van der Waals surface area contributed by atoms with Gasteiger partial charge in [-0.1, -0.05) is 18.2 Å². The Balaban J connectivity index is 1.65. The number of aromatic nitrogens is 2. The van der Waals surface area contributed by atoms with Crippen LogP contribution in [-0.2, 0) is 16.1 Å². The standard InChI is InChI=1S/C19H17N3O5/c1-12-5-4-8-22-16(23)9-13(21-19(12)22)10-27-17(24)11-26-15-7-3-2-6-14(15)18(20)25/h2-9H,10-11H2,1H3,(H2,20,25). The van der Waals surface area contributed by atoms with Crippen molar-refractivity contribution in [2.45, 2.75) is 13.5 Å². The van der Waals surface area contributed by atoms with Gasteiger partial charge in [-0.25, -0.2) is 9.78 Å². The number of aryl methyl sites for hydroxylation is 1. The Morgan fingerprint density at radius 2 is 1.96 bits per heavy atom. The molecule has 27 heavy (non-hydrogen) atoms. The summed E-state index contributed by atoms with van der Waals surface area (Å²) in [5.74, 6) is -1.13. The molecule has 3 rings (SSSR count). The van der Waals surface area contributed by atoms with E-state index in [2.05, 4.69) is 4.98 Å². The Kier molecular flexibility index (Phi) is 5.16. The van der Waals surface area contributed by atoms with Crippen LogP contribution in [0.1, 0.15) is 21.6 Å². The van der Waals surface area contributed by atoms with Crippen LogP contribution in [-0.4, -0.2) is 27.9 Å². The molecule has 0 saturated heterocycles. The monoisotopic (exact) mass is 367 g/mol. The fraction of sp³-hybridized carbons (Fsp3) is 0.158. The van der Waals surface area contributed by atoms with E-state index >= 15 is 0 Å². The van der Waals surface area contributed by atoms with Crippen molar-refractivity contribution < 1.29 is 19.1 Å². The van der Waals surface area contributed by atoms with Crippen LogP contribution in [0.15, 0.2) is 53.5 Å². The Morgan fingerprint density at radius 1 is 1.19 bits per heavy atom. The number of primary amides is 1. The molecule has 2 heterocycles. The van der Waals surface area contributed by atoms with Crippen molar-refractivity contribution in [3.8, 4) is 5.75 Å². The lowest BCUT2D eigenvalue weighted by Crippen LogP contribution is -2.20. The summed E-state index contributed by atoms with van der Waals surface area (Å²) in [6.07, 6.45) is 1.62. The zero-order valence-electron chi connectivity index (χ0n) is 14.5. The largest absolute Gasteiger partial charge is 0.481 e. The molecule has 0 unspecified atom stereocenters. The Bertz CT molecular complexity index is 1070. The van der Waals surface area contributed by atoms with Crippen LogP contribution >= 0.6 is 0 Å². The van der Waals surface area contributed by atoms with Crippen LogP contribution in [0.3, 0.4) is 0 Å². The van der Waals surface area contributed by atoms with E-state index in [4.69, 9.17) is 15.2 Å². The predicted molar refractivity (Wildman–Crippen MR) is 96.4 cm³/mol. The smallest absolute Gasteiger partial charge is 0.344 e. The first kappa shape index (κ1) is 18.1. The van der Waals surface area contributed by atoms with E-state index in [1.165, 1.54) is 22.6 Å². The van der Waals surface area contributed by atoms with Crippen molar-refractivity contribution in [1.29, 1.82) is 0 Å². The predicted octanol–water partition coefficient (Wildman–Crippen LogP) is 1.22. The number of carbonyl (C=O) groups excluding carboxylic acids is 2. The first-order valence-electron chi connectivity index (χ1n) is 8.11. The highest BCUT2D eigenvalue weighted by molar-refractivity contribution is 5.95. The van der Waals surface area contributed by atoms with Crippen LogP contribution < -0.4 is 16.0 Å². The Labute approximate surface area is 154 Å². The molecule has 8 heteroatoms. The number of rotatable bonds is 6. The van der Waals surface area contributed by atoms with E-state index in [0.717, 1.165) is 5.56 Å². The van der Waals surface area contributed by atoms with Gasteiger partial charge in [0.1, 0.15) is 18.0 Å². The van der Waals surface area contributed by atoms with Gasteiger partial charge in [-0.2, -0.15) is 0 Å². The summed E-state index contributed by atoms with van der Waals surface area (Å²) in [6.45, 7) is 1.26. The van der Waals surface area contributed by atoms with Gasteiger partial charge in [0.05, 0.1) is 11.3 Å². The highest BCUT2D eigenvalue weighted by atomic mass is 16.6. The molecule has 0 spiro atoms. The number of carbonyl (C=O) groups is 2. The third-order valence-corrected chi connectivity index (χ3v) is 3.82. The number of hydrogen-bond acceptors (Lipinski definition) is 6. The number of fused-ring (bicyclic) bond motifs is 1. The van der Waals surface area contributed by atoms with Gasteiger partial charge in [-0.05, 0) is 30.7 Å². The second-order valence-electron chi connectivity index (χ2n) is 5.78. The van der Waals surface area contributed by atoms with Gasteiger partial charge in [0.25, 0.3) is 11.5 Å². The van der Waals surface area contributed by atoms with Gasteiger partial charge in [-0.15, -0.1) is 0 Å². The molecule has 0 aliphatic heterocycles. The average molecular weight is 367 g/mol. The third kappa shape index (κ3) is 4.12. The maximum atomic E-state index is 12.1. The molecule has 0 aliphatic rings. The van der Waals surface area contributed by atoms with Crippen molar-refractivity contribution in [1.82, 2.24) is 9.38 Å². The quantitative estimate of drug-likeness (QED) is 0.656. The van der Waals surface area contributed by atoms with Crippen molar-refractivity contribution in [2.24, 2.45) is 5.73 Å². The second-order valence-corrected chi connectivity index (χ2v) is 5.78. The molecular weight excluding hydrogens is 350 g/mol. The molecule has 3 aromatic rings. The highest BCUT2D eigenvalue weighted by Crippen LogP contribution is 2.17. The molecule has 0 aliphatic carbocycles. The molecule has 1 aromatic carbocycles. The van der Waals surface area contributed by atoms with Gasteiger partial charge in [0.2, 0.25) is 0 Å². The average Bonchev–Trinajstić information content (AvgIpc) is 2.65. The number of nitrogens with zero attached hydrogens (tertiary/aromatic N) is 2. The van der Waals surface area contributed by atoms with Crippen LogP contribution in [0.2, 0.25) is 0 Å². The molecule has 138 valence electrons. The van der Waals surface area contributed by atoms with E-state index in [-0.39, 0.29) is 23.5 Å².